The minimum Gasteiger partial charge on any atom is -0.462 e. The molecular formula is C20H17ClN4O2S. The van der Waals surface area contributed by atoms with Crippen LogP contribution < -0.4 is 0 Å². The van der Waals surface area contributed by atoms with E-state index in [4.69, 9.17) is 21.3 Å². The molecule has 0 spiro atoms. The lowest BCUT2D eigenvalue weighted by atomic mass is 10.1. The maximum atomic E-state index is 12.2. The molecule has 4 aromatic rings. The molecule has 8 heteroatoms. The summed E-state index contributed by atoms with van der Waals surface area (Å²) in [6.45, 7) is 4.06. The zero-order valence-electron chi connectivity index (χ0n) is 15.3. The van der Waals surface area contributed by atoms with Crippen LogP contribution in [0.25, 0.3) is 15.9 Å². The highest BCUT2D eigenvalue weighted by Gasteiger charge is 2.42. The van der Waals surface area contributed by atoms with Crippen LogP contribution in [-0.4, -0.2) is 32.2 Å². The number of esters is 1. The van der Waals surface area contributed by atoms with Gasteiger partial charge < -0.3 is 4.74 Å². The third kappa shape index (κ3) is 2.77. The second kappa shape index (κ2) is 6.53. The Labute approximate surface area is 170 Å². The summed E-state index contributed by atoms with van der Waals surface area (Å²) in [4.78, 5) is 22.9. The number of nitrogens with zero attached hydrogens (tertiary/aromatic N) is 4. The standard InChI is InChI=1S/C20H17ClN4O2S/c1-3-27-20(26)16-10(2)15-18-23-17(24-25(18)9-22-19(15)28-16)14-8-13(14)11-4-6-12(21)7-5-11/h4-7,9,13-14H,3,8H2,1-2H3/t13-,14+/m1/s1. The number of rotatable bonds is 4. The van der Waals surface area contributed by atoms with Gasteiger partial charge in [-0.1, -0.05) is 23.7 Å². The Bertz CT molecular complexity index is 1210. The second-order valence-corrected chi connectivity index (χ2v) is 8.38. The Morgan fingerprint density at radius 2 is 2.11 bits per heavy atom. The molecule has 28 heavy (non-hydrogen) atoms. The lowest BCUT2D eigenvalue weighted by Gasteiger charge is -1.99. The molecule has 0 unspecified atom stereocenters. The van der Waals surface area contributed by atoms with E-state index in [1.807, 2.05) is 19.1 Å². The van der Waals surface area contributed by atoms with Gasteiger partial charge in [-0.3, -0.25) is 0 Å². The van der Waals surface area contributed by atoms with Gasteiger partial charge in [-0.25, -0.2) is 19.3 Å². The number of hydrogen-bond acceptors (Lipinski definition) is 6. The minimum atomic E-state index is -0.314. The average molecular weight is 413 g/mol. The molecule has 1 saturated carbocycles. The molecule has 0 radical (unpaired) electrons. The zero-order chi connectivity index (χ0) is 19.4. The number of aryl methyl sites for hydroxylation is 1. The largest absolute Gasteiger partial charge is 0.462 e. The third-order valence-corrected chi connectivity index (χ3v) is 6.60. The van der Waals surface area contributed by atoms with Crippen LogP contribution in [-0.2, 0) is 4.74 Å². The Balaban J connectivity index is 1.53. The molecule has 6 nitrogen and oxygen atoms in total. The number of carbonyl (C=O) groups excluding carboxylic acids is 1. The SMILES string of the molecule is CCOC(=O)c1sc2ncn3nc([C@H]4C[C@@H]4c4ccc(Cl)cc4)nc3c2c1C. The normalized spacial score (nSPS) is 18.7. The maximum absolute atomic E-state index is 12.2. The number of benzene rings is 1. The Morgan fingerprint density at radius 3 is 2.86 bits per heavy atom. The maximum Gasteiger partial charge on any atom is 0.348 e. The van der Waals surface area contributed by atoms with E-state index in [1.54, 1.807) is 17.8 Å². The number of aromatic nitrogens is 4. The van der Waals surface area contributed by atoms with E-state index in [0.29, 0.717) is 23.3 Å². The van der Waals surface area contributed by atoms with Gasteiger partial charge in [0, 0.05) is 10.9 Å². The lowest BCUT2D eigenvalue weighted by molar-refractivity contribution is 0.0531. The molecule has 0 saturated heterocycles. The minimum absolute atomic E-state index is 0.291. The van der Waals surface area contributed by atoms with Crippen molar-refractivity contribution in [2.45, 2.75) is 32.1 Å². The van der Waals surface area contributed by atoms with Crippen LogP contribution in [0.4, 0.5) is 0 Å². The van der Waals surface area contributed by atoms with Gasteiger partial charge in [0.15, 0.2) is 11.5 Å². The Morgan fingerprint density at radius 1 is 1.32 bits per heavy atom. The van der Waals surface area contributed by atoms with Gasteiger partial charge in [0.2, 0.25) is 0 Å². The molecule has 1 fully saturated rings. The van der Waals surface area contributed by atoms with Gasteiger partial charge >= 0.3 is 5.97 Å². The Kier molecular flexibility index (Phi) is 4.10. The summed E-state index contributed by atoms with van der Waals surface area (Å²) in [5.74, 6) is 1.21. The number of halogens is 1. The topological polar surface area (TPSA) is 69.4 Å². The van der Waals surface area contributed by atoms with Gasteiger partial charge in [0.25, 0.3) is 0 Å². The fraction of sp³-hybridized carbons (Fsp3) is 0.300. The van der Waals surface area contributed by atoms with Crippen molar-refractivity contribution in [3.05, 3.63) is 57.4 Å². The summed E-state index contributed by atoms with van der Waals surface area (Å²) in [5.41, 5.74) is 2.85. The fourth-order valence-corrected chi connectivity index (χ4v) is 4.82. The van der Waals surface area contributed by atoms with Crippen LogP contribution >= 0.6 is 22.9 Å². The Hall–Kier alpha value is -2.51. The summed E-state index contributed by atoms with van der Waals surface area (Å²) in [6.07, 6.45) is 2.69. The predicted molar refractivity (Wildman–Crippen MR) is 108 cm³/mol. The first kappa shape index (κ1) is 17.6. The molecule has 1 aliphatic carbocycles. The molecule has 0 N–H and O–H groups in total. The van der Waals surface area contributed by atoms with E-state index in [2.05, 4.69) is 22.2 Å². The molecule has 1 aliphatic rings. The monoisotopic (exact) mass is 412 g/mol. The zero-order valence-corrected chi connectivity index (χ0v) is 16.9. The summed E-state index contributed by atoms with van der Waals surface area (Å²) < 4.78 is 6.88. The summed E-state index contributed by atoms with van der Waals surface area (Å²) in [6, 6.07) is 7.97. The van der Waals surface area contributed by atoms with E-state index in [0.717, 1.165) is 38.7 Å². The third-order valence-electron chi connectivity index (χ3n) is 5.16. The number of ether oxygens (including phenoxy) is 1. The predicted octanol–water partition coefficient (Wildman–Crippen LogP) is 4.75. The van der Waals surface area contributed by atoms with Gasteiger partial charge in [0.1, 0.15) is 16.0 Å². The summed E-state index contributed by atoms with van der Waals surface area (Å²) >= 11 is 7.33. The smallest absolute Gasteiger partial charge is 0.348 e. The highest BCUT2D eigenvalue weighted by molar-refractivity contribution is 7.20. The number of thiophene rings is 1. The van der Waals surface area contributed by atoms with Crippen LogP contribution in [0.2, 0.25) is 5.02 Å². The summed E-state index contributed by atoms with van der Waals surface area (Å²) in [7, 11) is 0. The molecular weight excluding hydrogens is 396 g/mol. The van der Waals surface area contributed by atoms with E-state index in [9.17, 15) is 4.79 Å². The molecule has 0 aliphatic heterocycles. The highest BCUT2D eigenvalue weighted by Crippen LogP contribution is 2.53. The van der Waals surface area contributed by atoms with Crippen molar-refractivity contribution < 1.29 is 9.53 Å². The van der Waals surface area contributed by atoms with Crippen molar-refractivity contribution in [3.63, 3.8) is 0 Å². The lowest BCUT2D eigenvalue weighted by Crippen LogP contribution is -2.03. The van der Waals surface area contributed by atoms with E-state index in [1.165, 1.54) is 16.9 Å². The molecule has 5 rings (SSSR count). The van der Waals surface area contributed by atoms with E-state index in [-0.39, 0.29) is 5.97 Å². The van der Waals surface area contributed by atoms with Gasteiger partial charge in [-0.2, -0.15) is 0 Å². The van der Waals surface area contributed by atoms with Crippen molar-refractivity contribution in [1.29, 1.82) is 0 Å². The second-order valence-electron chi connectivity index (χ2n) is 6.94. The van der Waals surface area contributed by atoms with Crippen molar-refractivity contribution >= 4 is 44.8 Å². The molecule has 3 heterocycles. The molecule has 1 aromatic carbocycles. The van der Waals surface area contributed by atoms with Crippen LogP contribution in [0.3, 0.4) is 0 Å². The van der Waals surface area contributed by atoms with Crippen molar-refractivity contribution in [1.82, 2.24) is 19.6 Å². The van der Waals surface area contributed by atoms with Crippen molar-refractivity contribution in [2.24, 2.45) is 0 Å². The van der Waals surface area contributed by atoms with Crippen molar-refractivity contribution in [3.8, 4) is 0 Å². The molecule has 3 aromatic heterocycles. The van der Waals surface area contributed by atoms with Crippen LogP contribution in [0.15, 0.2) is 30.6 Å². The number of fused-ring (bicyclic) bond motifs is 3. The van der Waals surface area contributed by atoms with Gasteiger partial charge in [-0.05, 0) is 49.4 Å². The number of carbonyl (C=O) groups is 1. The first-order chi connectivity index (χ1) is 13.6. The molecule has 0 bridgehead atoms. The van der Waals surface area contributed by atoms with Gasteiger partial charge in [-0.15, -0.1) is 16.4 Å². The van der Waals surface area contributed by atoms with E-state index >= 15 is 0 Å². The first-order valence-electron chi connectivity index (χ1n) is 9.13. The van der Waals surface area contributed by atoms with Crippen molar-refractivity contribution in [2.75, 3.05) is 6.61 Å². The summed E-state index contributed by atoms with van der Waals surface area (Å²) in [5, 5.41) is 6.27. The van der Waals surface area contributed by atoms with Crippen LogP contribution in [0.1, 0.15) is 51.8 Å². The van der Waals surface area contributed by atoms with Gasteiger partial charge in [0.05, 0.1) is 12.0 Å². The number of hydrogen-bond donors (Lipinski definition) is 0. The first-order valence-corrected chi connectivity index (χ1v) is 10.3. The van der Waals surface area contributed by atoms with E-state index < -0.39 is 0 Å². The average Bonchev–Trinajstić information content (AvgIpc) is 3.24. The quantitative estimate of drug-likeness (QED) is 0.452. The molecule has 142 valence electrons. The fourth-order valence-electron chi connectivity index (χ4n) is 3.66. The highest BCUT2D eigenvalue weighted by atomic mass is 35.5. The molecule has 2 atom stereocenters. The molecule has 0 amide bonds. The van der Waals surface area contributed by atoms with Crippen LogP contribution in [0.5, 0.6) is 0 Å². The van der Waals surface area contributed by atoms with Crippen LogP contribution in [0, 0.1) is 6.92 Å².